The number of likely N-dealkylation sites (N-methyl/N-ethyl adjacent to an activating group) is 1. The molecular weight excluding hydrogens is 867 g/mol. The van der Waals surface area contributed by atoms with Gasteiger partial charge in [-0.15, -0.1) is 0 Å². The number of aliphatic hydroxyl groups excluding tert-OH is 2. The van der Waals surface area contributed by atoms with Crippen molar-refractivity contribution in [2.24, 2.45) is 17.2 Å². The molecule has 0 spiro atoms. The first kappa shape index (κ1) is 49.7. The van der Waals surface area contributed by atoms with Gasteiger partial charge in [-0.25, -0.2) is 14.8 Å². The molecule has 13 N–H and O–H groups in total. The Labute approximate surface area is 387 Å². The number of aromatic nitrogens is 2. The summed E-state index contributed by atoms with van der Waals surface area (Å²) in [7, 11) is 1.29. The number of phenolic OH excluding ortho intramolecular Hbond substituents is 1. The molecule has 1 aliphatic carbocycles. The summed E-state index contributed by atoms with van der Waals surface area (Å²) in [5.41, 5.74) is 20.3. The van der Waals surface area contributed by atoms with E-state index in [4.69, 9.17) is 26.7 Å². The zero-order valence-corrected chi connectivity index (χ0v) is 37.8. The van der Waals surface area contributed by atoms with Crippen molar-refractivity contribution in [1.82, 2.24) is 30.8 Å². The lowest BCUT2D eigenvalue weighted by molar-refractivity contribution is -0.143. The van der Waals surface area contributed by atoms with Crippen molar-refractivity contribution in [2.75, 3.05) is 39.9 Å². The minimum atomic E-state index is -1.65. The van der Waals surface area contributed by atoms with Crippen LogP contribution in [0.15, 0.2) is 60.8 Å². The van der Waals surface area contributed by atoms with Gasteiger partial charge in [0.2, 0.25) is 17.7 Å². The highest BCUT2D eigenvalue weighted by molar-refractivity contribution is 6.00. The first-order valence-corrected chi connectivity index (χ1v) is 22.0. The Balaban J connectivity index is 1.41. The number of carboxylic acids is 1. The van der Waals surface area contributed by atoms with Crippen LogP contribution < -0.4 is 42.6 Å². The molecule has 1 fully saturated rings. The summed E-state index contributed by atoms with van der Waals surface area (Å²) < 4.78 is 11.8. The third-order valence-electron chi connectivity index (χ3n) is 12.1. The molecule has 20 heteroatoms. The number of carbonyl (C=O) groups is 5. The minimum absolute atomic E-state index is 0.0155. The molecule has 0 saturated heterocycles. The van der Waals surface area contributed by atoms with Crippen LogP contribution in [0.4, 0.5) is 0 Å². The maximum absolute atomic E-state index is 14.7. The maximum Gasteiger partial charge on any atom is 0.326 e. The number of nitrogens with one attached hydrogen (secondary N) is 3. The fraction of sp³-hybridized carbons (Fsp3) is 0.426. The third-order valence-corrected chi connectivity index (χ3v) is 12.1. The lowest BCUT2D eigenvalue weighted by atomic mass is 9.93. The second-order valence-corrected chi connectivity index (χ2v) is 17.3. The van der Waals surface area contributed by atoms with Crippen LogP contribution in [0.25, 0.3) is 22.5 Å². The molecule has 2 unspecified atom stereocenters. The van der Waals surface area contributed by atoms with Gasteiger partial charge in [0, 0.05) is 49.4 Å². The molecule has 1 aliphatic heterocycles. The van der Waals surface area contributed by atoms with E-state index in [-0.39, 0.29) is 78.3 Å². The summed E-state index contributed by atoms with van der Waals surface area (Å²) >= 11 is 0. The van der Waals surface area contributed by atoms with Gasteiger partial charge >= 0.3 is 5.97 Å². The van der Waals surface area contributed by atoms with Crippen LogP contribution in [0.5, 0.6) is 17.2 Å². The number of benzene rings is 3. The Morgan fingerprint density at radius 3 is 2.18 bits per heavy atom. The zero-order valence-electron chi connectivity index (χ0n) is 37.8. The molecule has 2 aliphatic rings. The highest BCUT2D eigenvalue weighted by atomic mass is 16.5. The summed E-state index contributed by atoms with van der Waals surface area (Å²) in [5, 5.41) is 50.4. The summed E-state index contributed by atoms with van der Waals surface area (Å²) in [4.78, 5) is 79.3. The topological polar surface area (TPSA) is 328 Å². The second kappa shape index (κ2) is 21.3. The average molecular weight is 926 g/mol. The quantitative estimate of drug-likeness (QED) is 0.0691. The van der Waals surface area contributed by atoms with Crippen molar-refractivity contribution in [2.45, 2.75) is 88.2 Å². The van der Waals surface area contributed by atoms with Crippen molar-refractivity contribution < 1.29 is 53.9 Å². The van der Waals surface area contributed by atoms with E-state index < -0.39 is 78.3 Å². The molecule has 6 rings (SSSR count). The number of nitrogens with zero attached hydrogens (tertiary/aromatic N) is 3. The van der Waals surface area contributed by atoms with E-state index in [1.807, 2.05) is 12.1 Å². The molecule has 358 valence electrons. The number of hydrogen-bond acceptors (Lipinski definition) is 15. The third kappa shape index (κ3) is 11.6. The Hall–Kier alpha value is -6.71. The number of aryl methyl sites for hydroxylation is 1. The van der Waals surface area contributed by atoms with Crippen molar-refractivity contribution in [3.8, 4) is 39.8 Å². The molecule has 1 saturated carbocycles. The smallest absolute Gasteiger partial charge is 0.326 e. The molecule has 4 aromatic rings. The van der Waals surface area contributed by atoms with Gasteiger partial charge in [0.05, 0.1) is 11.3 Å². The molecule has 67 heavy (non-hydrogen) atoms. The second-order valence-electron chi connectivity index (χ2n) is 17.3. The number of carboxylic acid groups (broad SMARTS) is 1. The predicted molar refractivity (Wildman–Crippen MR) is 245 cm³/mol. The lowest BCUT2D eigenvalue weighted by Gasteiger charge is -2.33. The van der Waals surface area contributed by atoms with E-state index >= 15 is 0 Å². The molecular formula is C47H59N9O11. The van der Waals surface area contributed by atoms with Crippen LogP contribution in [0.3, 0.4) is 0 Å². The Morgan fingerprint density at radius 2 is 1.58 bits per heavy atom. The van der Waals surface area contributed by atoms with Crippen molar-refractivity contribution in [1.29, 1.82) is 0 Å². The number of rotatable bonds is 17. The number of carbonyl (C=O) groups excluding carboxylic acids is 4. The molecule has 4 amide bonds. The van der Waals surface area contributed by atoms with Gasteiger partial charge < -0.3 is 68.0 Å². The average Bonchev–Trinajstić information content (AvgIpc) is 4.07. The van der Waals surface area contributed by atoms with Gasteiger partial charge in [0.25, 0.3) is 5.91 Å². The summed E-state index contributed by atoms with van der Waals surface area (Å²) in [6.45, 7) is 4.05. The van der Waals surface area contributed by atoms with Gasteiger partial charge in [-0.2, -0.15) is 0 Å². The number of aromatic hydroxyl groups is 1. The van der Waals surface area contributed by atoms with E-state index in [1.54, 1.807) is 13.0 Å². The van der Waals surface area contributed by atoms with Gasteiger partial charge in [-0.1, -0.05) is 37.3 Å². The highest BCUT2D eigenvalue weighted by Crippen LogP contribution is 2.48. The van der Waals surface area contributed by atoms with E-state index in [0.717, 1.165) is 23.3 Å². The first-order valence-electron chi connectivity index (χ1n) is 22.0. The maximum atomic E-state index is 14.7. The van der Waals surface area contributed by atoms with Gasteiger partial charge in [0.1, 0.15) is 55.3 Å². The molecule has 2 heterocycles. The monoisotopic (exact) mass is 925 g/mol. The van der Waals surface area contributed by atoms with Crippen molar-refractivity contribution in [3.05, 3.63) is 88.7 Å². The van der Waals surface area contributed by atoms with Crippen LogP contribution in [-0.2, 0) is 31.0 Å². The number of ether oxygens (including phenoxy) is 2. The number of fused-ring (bicyclic) bond motifs is 5. The molecule has 0 radical (unpaired) electrons. The molecule has 6 atom stereocenters. The number of amides is 4. The highest BCUT2D eigenvalue weighted by Gasteiger charge is 2.39. The number of hydrogen-bond donors (Lipinski definition) is 10. The SMILES string of the molecule is Cc1nc(-c2ccc(C3(C)CC3)cc2)ncc1C(=O)N[C@@H](CCN)C(=O)N(C)C1C(=O)N[C@@H](C)C(=O)NC(C(=O)O)Cc2ccc(OC[C@H](O)CN)c(c2)-c2cc1cc(OC[C@H](O)CN)c2O. The summed E-state index contributed by atoms with van der Waals surface area (Å²) in [6.07, 6.45) is 1.00. The van der Waals surface area contributed by atoms with Crippen molar-refractivity contribution >= 4 is 29.6 Å². The standard InChI is InChI=1S/C47H59N9O11/c1-24-34(21-51-41(52-24)27-6-8-29(9-7-27)47(3)12-13-47)43(61)54-35(11-14-48)45(63)56(4)39-28-17-33(40(59)38(18-28)67-23-31(58)20-50)32-15-26(5-10-37(32)66-22-30(57)19-49)16-36(46(64)65)55-42(60)25(2)53-44(39)62/h5-10,15,17-18,21,25,30-31,35-36,39,57-59H,11-14,16,19-20,22-23,48-50H2,1-4H3,(H,53,62)(H,54,61)(H,55,60)(H,64,65)/t25-,30+,31+,35-,36?,39?/m0/s1. The van der Waals surface area contributed by atoms with Crippen molar-refractivity contribution in [3.63, 3.8) is 0 Å². The zero-order chi connectivity index (χ0) is 48.7. The van der Waals surface area contributed by atoms with Crippen LogP contribution >= 0.6 is 0 Å². The number of nitrogens with two attached hydrogens (primary N) is 3. The largest absolute Gasteiger partial charge is 0.504 e. The Bertz CT molecular complexity index is 2480. The van der Waals surface area contributed by atoms with Crippen LogP contribution in [0.1, 0.15) is 71.9 Å². The van der Waals surface area contributed by atoms with Crippen LogP contribution in [-0.4, -0.2) is 135 Å². The molecule has 20 nitrogen and oxygen atoms in total. The molecule has 3 aromatic carbocycles. The van der Waals surface area contributed by atoms with E-state index in [2.05, 4.69) is 45.0 Å². The normalized spacial score (nSPS) is 19.1. The lowest BCUT2D eigenvalue weighted by Crippen LogP contribution is -2.55. The predicted octanol–water partition coefficient (Wildman–Crippen LogP) is 0.550. The summed E-state index contributed by atoms with van der Waals surface area (Å²) in [6, 6.07) is 9.34. The van der Waals surface area contributed by atoms with E-state index in [9.17, 15) is 44.4 Å². The minimum Gasteiger partial charge on any atom is -0.504 e. The fourth-order valence-electron chi connectivity index (χ4n) is 7.65. The number of aliphatic hydroxyl groups is 2. The van der Waals surface area contributed by atoms with Gasteiger partial charge in [0.15, 0.2) is 17.3 Å². The van der Waals surface area contributed by atoms with Crippen LogP contribution in [0, 0.1) is 6.92 Å². The summed E-state index contributed by atoms with van der Waals surface area (Å²) in [5.74, 6) is -4.93. The fourth-order valence-corrected chi connectivity index (χ4v) is 7.65. The molecule has 4 bridgehead atoms. The van der Waals surface area contributed by atoms with Gasteiger partial charge in [-0.05, 0) is 86.0 Å². The Kier molecular flexibility index (Phi) is 15.8. The first-order chi connectivity index (χ1) is 31.9. The van der Waals surface area contributed by atoms with E-state index in [1.165, 1.54) is 50.0 Å². The van der Waals surface area contributed by atoms with Gasteiger partial charge in [-0.3, -0.25) is 19.2 Å². The molecule has 1 aromatic heterocycles. The number of phenols is 1. The van der Waals surface area contributed by atoms with E-state index in [0.29, 0.717) is 17.1 Å². The Morgan fingerprint density at radius 1 is 0.925 bits per heavy atom. The number of aliphatic carboxylic acids is 1. The van der Waals surface area contributed by atoms with Crippen LogP contribution in [0.2, 0.25) is 0 Å².